The molecule has 0 aliphatic carbocycles. The fraction of sp³-hybridized carbons (Fsp3) is 0.235. The van der Waals surface area contributed by atoms with Gasteiger partial charge in [0.2, 0.25) is 0 Å². The molecule has 0 saturated carbocycles. The van der Waals surface area contributed by atoms with Gasteiger partial charge in [0.1, 0.15) is 0 Å². The molecular weight excluding hydrogens is 357 g/mol. The average molecular weight is 375 g/mol. The van der Waals surface area contributed by atoms with Crippen LogP contribution in [-0.2, 0) is 16.0 Å². The van der Waals surface area contributed by atoms with Gasteiger partial charge < -0.3 is 0 Å². The van der Waals surface area contributed by atoms with E-state index in [9.17, 15) is 14.7 Å². The van der Waals surface area contributed by atoms with Crippen LogP contribution in [0.15, 0.2) is 36.5 Å². The summed E-state index contributed by atoms with van der Waals surface area (Å²) < 4.78 is 4.26. The van der Waals surface area contributed by atoms with Gasteiger partial charge in [-0.1, -0.05) is 0 Å². The Hall–Kier alpha value is -2.13. The first kappa shape index (κ1) is 17.2. The molecule has 5 nitrogen and oxygen atoms in total. The van der Waals surface area contributed by atoms with E-state index in [2.05, 4.69) is 16.6 Å². The molecule has 1 atom stereocenters. The topological polar surface area (TPSA) is 76.5 Å². The van der Waals surface area contributed by atoms with Crippen molar-refractivity contribution in [3.63, 3.8) is 0 Å². The molecule has 1 aromatic heterocycles. The third kappa shape index (κ3) is 4.42. The second-order valence-corrected chi connectivity index (χ2v) is 7.34. The number of pyridine rings is 1. The van der Waals surface area contributed by atoms with E-state index >= 15 is 0 Å². The number of aryl methyl sites for hydroxylation is 1. The molecule has 2 rings (SSSR count). The Labute approximate surface area is 141 Å². The Kier molecular flexibility index (Phi) is 5.94. The van der Waals surface area contributed by atoms with E-state index in [0.717, 1.165) is 17.5 Å². The summed E-state index contributed by atoms with van der Waals surface area (Å²) in [7, 11) is 1.29. The molecule has 0 bridgehead atoms. The van der Waals surface area contributed by atoms with Crippen molar-refractivity contribution in [1.29, 1.82) is 0 Å². The summed E-state index contributed by atoms with van der Waals surface area (Å²) in [4.78, 5) is 27.2. The van der Waals surface area contributed by atoms with E-state index in [0.29, 0.717) is 0 Å². The van der Waals surface area contributed by atoms with Gasteiger partial charge >= 0.3 is 141 Å². The molecule has 0 fully saturated rings. The molecular formula is C17H18AsNO4. The maximum absolute atomic E-state index is 12.0. The molecule has 23 heavy (non-hydrogen) atoms. The van der Waals surface area contributed by atoms with E-state index in [4.69, 9.17) is 0 Å². The van der Waals surface area contributed by atoms with Crippen molar-refractivity contribution in [2.45, 2.75) is 18.6 Å². The molecule has 0 saturated heterocycles. The van der Waals surface area contributed by atoms with Gasteiger partial charge in [-0.25, -0.2) is 0 Å². The standard InChI is InChI=1S/C17H18AsNO4/c1-3-11-4-6-12(7-5-11)13-8-14(20)16(19-10-13)17(22)18-9-15(21)23-2/h4-8,10,18,20H,3,9H2,1-2H3. The predicted molar refractivity (Wildman–Crippen MR) is 89.0 cm³/mol. The van der Waals surface area contributed by atoms with Gasteiger partial charge in [-0.2, -0.15) is 0 Å². The normalized spacial score (nSPS) is 10.9. The number of nitrogens with zero attached hydrogens (tertiary/aromatic N) is 1. The molecule has 120 valence electrons. The summed E-state index contributed by atoms with van der Waals surface area (Å²) in [5.74, 6) is -0.564. The van der Waals surface area contributed by atoms with Crippen LogP contribution in [0.3, 0.4) is 0 Å². The summed E-state index contributed by atoms with van der Waals surface area (Å²) >= 11 is -1.23. The summed E-state index contributed by atoms with van der Waals surface area (Å²) in [5, 5.41) is 10.2. The third-order valence-electron chi connectivity index (χ3n) is 3.40. The SMILES string of the molecule is CCc1ccc(-c2cnc(C(=O)[AsH]CC(=O)OC)c(O)c2)cc1. The Morgan fingerprint density at radius 1 is 1.22 bits per heavy atom. The molecule has 1 aromatic carbocycles. The fourth-order valence-corrected chi connectivity index (χ4v) is 3.73. The number of hydrogen-bond acceptors (Lipinski definition) is 5. The van der Waals surface area contributed by atoms with E-state index in [1.54, 1.807) is 6.20 Å². The van der Waals surface area contributed by atoms with Crippen LogP contribution >= 0.6 is 0 Å². The third-order valence-corrected chi connectivity index (χ3v) is 5.55. The molecule has 1 unspecified atom stereocenters. The van der Waals surface area contributed by atoms with E-state index in [1.807, 2.05) is 24.3 Å². The number of ether oxygens (including phenoxy) is 1. The number of aromatic nitrogens is 1. The number of aromatic hydroxyl groups is 1. The Morgan fingerprint density at radius 3 is 2.48 bits per heavy atom. The molecule has 1 heterocycles. The molecule has 2 aromatic rings. The van der Waals surface area contributed by atoms with E-state index < -0.39 is 21.7 Å². The predicted octanol–water partition coefficient (Wildman–Crippen LogP) is 2.18. The van der Waals surface area contributed by atoms with Crippen LogP contribution in [0, 0.1) is 0 Å². The summed E-state index contributed by atoms with van der Waals surface area (Å²) in [6.45, 7) is 2.08. The molecule has 0 aliphatic heterocycles. The minimum absolute atomic E-state index is 0.0304. The molecule has 6 heteroatoms. The fourth-order valence-electron chi connectivity index (χ4n) is 2.03. The number of carbonyl (C=O) groups is 2. The summed E-state index contributed by atoms with van der Waals surface area (Å²) in [6.07, 6.45) is 2.53. The van der Waals surface area contributed by atoms with Gasteiger partial charge in [-0.15, -0.1) is 0 Å². The quantitative estimate of drug-likeness (QED) is 0.619. The minimum atomic E-state index is -1.23. The van der Waals surface area contributed by atoms with Crippen LogP contribution in [0.2, 0.25) is 5.21 Å². The number of benzene rings is 1. The Morgan fingerprint density at radius 2 is 1.91 bits per heavy atom. The van der Waals surface area contributed by atoms with Crippen molar-refractivity contribution < 1.29 is 19.4 Å². The number of carbonyl (C=O) groups excluding carboxylic acids is 2. The van der Waals surface area contributed by atoms with Gasteiger partial charge in [0, 0.05) is 0 Å². The van der Waals surface area contributed by atoms with Crippen molar-refractivity contribution in [2.24, 2.45) is 0 Å². The monoisotopic (exact) mass is 375 g/mol. The average Bonchev–Trinajstić information content (AvgIpc) is 2.59. The molecule has 0 radical (unpaired) electrons. The van der Waals surface area contributed by atoms with Gasteiger partial charge in [0.15, 0.2) is 0 Å². The molecule has 0 amide bonds. The molecule has 1 N–H and O–H groups in total. The van der Waals surface area contributed by atoms with Crippen LogP contribution in [0.1, 0.15) is 23.0 Å². The zero-order valence-corrected chi connectivity index (χ0v) is 15.1. The van der Waals surface area contributed by atoms with E-state index in [-0.39, 0.29) is 21.2 Å². The van der Waals surface area contributed by atoms with Crippen LogP contribution in [-0.4, -0.2) is 43.5 Å². The maximum atomic E-state index is 12.0. The van der Waals surface area contributed by atoms with Gasteiger partial charge in [0.25, 0.3) is 0 Å². The first-order valence-electron chi connectivity index (χ1n) is 7.18. The Balaban J connectivity index is 2.16. The van der Waals surface area contributed by atoms with Gasteiger partial charge in [0.05, 0.1) is 0 Å². The second-order valence-electron chi connectivity index (χ2n) is 4.90. The first-order valence-corrected chi connectivity index (χ1v) is 9.71. The Bertz CT molecular complexity index is 713. The van der Waals surface area contributed by atoms with Crippen LogP contribution in [0.5, 0.6) is 5.75 Å². The van der Waals surface area contributed by atoms with Gasteiger partial charge in [-0.05, 0) is 0 Å². The zero-order valence-electron chi connectivity index (χ0n) is 13.0. The summed E-state index contributed by atoms with van der Waals surface area (Å²) in [5.41, 5.74) is 2.93. The van der Waals surface area contributed by atoms with Crippen LogP contribution in [0.4, 0.5) is 0 Å². The van der Waals surface area contributed by atoms with Crippen molar-refractivity contribution in [1.82, 2.24) is 4.98 Å². The number of methoxy groups -OCH3 is 1. The van der Waals surface area contributed by atoms with E-state index in [1.165, 1.54) is 18.7 Å². The summed E-state index contributed by atoms with van der Waals surface area (Å²) in [6, 6.07) is 9.50. The van der Waals surface area contributed by atoms with Crippen LogP contribution < -0.4 is 0 Å². The second kappa shape index (κ2) is 7.93. The van der Waals surface area contributed by atoms with Crippen molar-refractivity contribution in [2.75, 3.05) is 7.11 Å². The van der Waals surface area contributed by atoms with Crippen LogP contribution in [0.25, 0.3) is 11.1 Å². The van der Waals surface area contributed by atoms with Crippen molar-refractivity contribution in [3.8, 4) is 16.9 Å². The first-order chi connectivity index (χ1) is 11.0. The van der Waals surface area contributed by atoms with Crippen molar-refractivity contribution >= 4 is 26.3 Å². The number of hydrogen-bond donors (Lipinski definition) is 1. The number of esters is 1. The van der Waals surface area contributed by atoms with Gasteiger partial charge in [-0.3, -0.25) is 0 Å². The zero-order chi connectivity index (χ0) is 16.8. The van der Waals surface area contributed by atoms with Crippen molar-refractivity contribution in [3.05, 3.63) is 47.8 Å². The molecule has 0 aliphatic rings. The molecule has 0 spiro atoms. The number of rotatable bonds is 6.